The minimum absolute atomic E-state index is 0.0669. The second kappa shape index (κ2) is 6.20. The maximum absolute atomic E-state index is 11.8. The van der Waals surface area contributed by atoms with Crippen molar-refractivity contribution in [2.75, 3.05) is 6.54 Å². The minimum Gasteiger partial charge on any atom is -0.355 e. The summed E-state index contributed by atoms with van der Waals surface area (Å²) < 4.78 is 0. The van der Waals surface area contributed by atoms with Crippen molar-refractivity contribution in [1.29, 1.82) is 0 Å². The van der Waals surface area contributed by atoms with Gasteiger partial charge in [-0.15, -0.1) is 0 Å². The molecule has 1 aliphatic carbocycles. The lowest BCUT2D eigenvalue weighted by Gasteiger charge is -2.30. The summed E-state index contributed by atoms with van der Waals surface area (Å²) in [5.41, 5.74) is 7.15. The number of hydrogen-bond donors (Lipinski definition) is 2. The van der Waals surface area contributed by atoms with Gasteiger partial charge in [-0.05, 0) is 25.3 Å². The molecule has 1 unspecified atom stereocenters. The van der Waals surface area contributed by atoms with E-state index in [4.69, 9.17) is 5.73 Å². The molecule has 1 saturated carbocycles. The van der Waals surface area contributed by atoms with Crippen molar-refractivity contribution >= 4 is 5.91 Å². The largest absolute Gasteiger partial charge is 0.355 e. The van der Waals surface area contributed by atoms with Crippen molar-refractivity contribution in [1.82, 2.24) is 5.32 Å². The fourth-order valence-corrected chi connectivity index (χ4v) is 3.04. The average Bonchev–Trinajstić information content (AvgIpc) is 2.87. The highest BCUT2D eigenvalue weighted by atomic mass is 16.1. The van der Waals surface area contributed by atoms with Crippen LogP contribution in [0, 0.1) is 0 Å². The predicted molar refractivity (Wildman–Crippen MR) is 77.9 cm³/mol. The van der Waals surface area contributed by atoms with Crippen LogP contribution < -0.4 is 11.1 Å². The van der Waals surface area contributed by atoms with Crippen molar-refractivity contribution in [3.8, 4) is 0 Å². The summed E-state index contributed by atoms with van der Waals surface area (Å²) in [5.74, 6) is 0.0669. The van der Waals surface area contributed by atoms with E-state index >= 15 is 0 Å². The number of amides is 1. The van der Waals surface area contributed by atoms with Gasteiger partial charge >= 0.3 is 0 Å². The van der Waals surface area contributed by atoms with Crippen LogP contribution in [0.1, 0.15) is 44.6 Å². The van der Waals surface area contributed by atoms with Crippen LogP contribution in [0.25, 0.3) is 0 Å². The maximum atomic E-state index is 11.8. The van der Waals surface area contributed by atoms with Gasteiger partial charge in [-0.1, -0.05) is 43.2 Å². The molecule has 0 bridgehead atoms. The van der Waals surface area contributed by atoms with E-state index in [0.29, 0.717) is 6.42 Å². The topological polar surface area (TPSA) is 55.1 Å². The summed E-state index contributed by atoms with van der Waals surface area (Å²) >= 11 is 0. The lowest BCUT2D eigenvalue weighted by atomic mass is 9.79. The SMILES string of the molecule is CC(N)CC(=O)NCC1(c2ccccc2)CCCC1. The molecule has 104 valence electrons. The van der Waals surface area contributed by atoms with Crippen LogP contribution in [0.2, 0.25) is 0 Å². The highest BCUT2D eigenvalue weighted by molar-refractivity contribution is 5.76. The number of rotatable bonds is 5. The van der Waals surface area contributed by atoms with Crippen LogP contribution in [0.3, 0.4) is 0 Å². The Kier molecular flexibility index (Phi) is 4.59. The summed E-state index contributed by atoms with van der Waals surface area (Å²) in [5, 5.41) is 3.08. The van der Waals surface area contributed by atoms with Crippen LogP contribution in [-0.2, 0) is 10.2 Å². The summed E-state index contributed by atoms with van der Waals surface area (Å²) in [6, 6.07) is 10.5. The van der Waals surface area contributed by atoms with E-state index in [1.165, 1.54) is 18.4 Å². The smallest absolute Gasteiger partial charge is 0.221 e. The molecule has 1 atom stereocenters. The molecule has 1 fully saturated rings. The van der Waals surface area contributed by atoms with Crippen LogP contribution >= 0.6 is 0 Å². The van der Waals surface area contributed by atoms with Crippen molar-refractivity contribution in [2.45, 2.75) is 50.5 Å². The van der Waals surface area contributed by atoms with Gasteiger partial charge in [0.2, 0.25) is 5.91 Å². The molecule has 1 aromatic rings. The van der Waals surface area contributed by atoms with Crippen LogP contribution in [0.5, 0.6) is 0 Å². The highest BCUT2D eigenvalue weighted by Crippen LogP contribution is 2.40. The quantitative estimate of drug-likeness (QED) is 0.854. The fourth-order valence-electron chi connectivity index (χ4n) is 3.04. The molecule has 1 aromatic carbocycles. The molecule has 0 heterocycles. The Morgan fingerprint density at radius 3 is 2.53 bits per heavy atom. The second-order valence-corrected chi connectivity index (χ2v) is 5.81. The molecule has 3 heteroatoms. The van der Waals surface area contributed by atoms with Gasteiger partial charge in [0.15, 0.2) is 0 Å². The molecule has 3 nitrogen and oxygen atoms in total. The van der Waals surface area contributed by atoms with E-state index in [-0.39, 0.29) is 17.4 Å². The maximum Gasteiger partial charge on any atom is 0.221 e. The number of benzene rings is 1. The van der Waals surface area contributed by atoms with Gasteiger partial charge < -0.3 is 11.1 Å². The monoisotopic (exact) mass is 260 g/mol. The fraction of sp³-hybridized carbons (Fsp3) is 0.562. The molecular weight excluding hydrogens is 236 g/mol. The molecule has 0 aliphatic heterocycles. The first kappa shape index (κ1) is 14.1. The molecule has 0 saturated heterocycles. The molecular formula is C16H24N2O. The zero-order chi connectivity index (χ0) is 13.7. The molecule has 1 amide bonds. The van der Waals surface area contributed by atoms with E-state index < -0.39 is 0 Å². The molecule has 19 heavy (non-hydrogen) atoms. The van der Waals surface area contributed by atoms with E-state index in [2.05, 4.69) is 29.6 Å². The van der Waals surface area contributed by atoms with Gasteiger partial charge in [-0.3, -0.25) is 4.79 Å². The lowest BCUT2D eigenvalue weighted by molar-refractivity contribution is -0.121. The molecule has 0 aromatic heterocycles. The number of carbonyl (C=O) groups excluding carboxylic acids is 1. The standard InChI is InChI=1S/C16H24N2O/c1-13(17)11-15(19)18-12-16(9-5-6-10-16)14-7-3-2-4-8-14/h2-4,7-8,13H,5-6,9-12,17H2,1H3,(H,18,19). The zero-order valence-corrected chi connectivity index (χ0v) is 11.7. The third-order valence-corrected chi connectivity index (χ3v) is 4.08. The number of hydrogen-bond acceptors (Lipinski definition) is 2. The normalized spacial score (nSPS) is 19.1. The lowest BCUT2D eigenvalue weighted by Crippen LogP contribution is -2.40. The van der Waals surface area contributed by atoms with Gasteiger partial charge in [0.1, 0.15) is 0 Å². The Balaban J connectivity index is 2.03. The molecule has 3 N–H and O–H groups in total. The Morgan fingerprint density at radius 1 is 1.32 bits per heavy atom. The number of nitrogens with two attached hydrogens (primary N) is 1. The van der Waals surface area contributed by atoms with Gasteiger partial charge in [0.25, 0.3) is 0 Å². The number of nitrogens with one attached hydrogen (secondary N) is 1. The Morgan fingerprint density at radius 2 is 1.95 bits per heavy atom. The first-order valence-electron chi connectivity index (χ1n) is 7.20. The van der Waals surface area contributed by atoms with Crippen LogP contribution in [0.15, 0.2) is 30.3 Å². The number of carbonyl (C=O) groups is 1. The average molecular weight is 260 g/mol. The summed E-state index contributed by atoms with van der Waals surface area (Å²) in [6.45, 7) is 2.60. The summed E-state index contributed by atoms with van der Waals surface area (Å²) in [4.78, 5) is 11.8. The van der Waals surface area contributed by atoms with E-state index in [1.807, 2.05) is 13.0 Å². The second-order valence-electron chi connectivity index (χ2n) is 5.81. The highest BCUT2D eigenvalue weighted by Gasteiger charge is 2.35. The van der Waals surface area contributed by atoms with Crippen molar-refractivity contribution in [3.63, 3.8) is 0 Å². The van der Waals surface area contributed by atoms with Crippen molar-refractivity contribution in [3.05, 3.63) is 35.9 Å². The van der Waals surface area contributed by atoms with Crippen LogP contribution in [-0.4, -0.2) is 18.5 Å². The Hall–Kier alpha value is -1.35. The third kappa shape index (κ3) is 3.57. The summed E-state index contributed by atoms with van der Waals surface area (Å²) in [6.07, 6.45) is 5.23. The van der Waals surface area contributed by atoms with Gasteiger partial charge in [0.05, 0.1) is 0 Å². The van der Waals surface area contributed by atoms with Crippen molar-refractivity contribution < 1.29 is 4.79 Å². The van der Waals surface area contributed by atoms with E-state index in [0.717, 1.165) is 19.4 Å². The third-order valence-electron chi connectivity index (χ3n) is 4.08. The Bertz CT molecular complexity index is 408. The van der Waals surface area contributed by atoms with Gasteiger partial charge in [-0.2, -0.15) is 0 Å². The molecule has 2 rings (SSSR count). The predicted octanol–water partition coefficient (Wildman–Crippen LogP) is 2.35. The first-order chi connectivity index (χ1) is 9.12. The van der Waals surface area contributed by atoms with Gasteiger partial charge in [-0.25, -0.2) is 0 Å². The summed E-state index contributed by atoms with van der Waals surface area (Å²) in [7, 11) is 0. The molecule has 0 spiro atoms. The van der Waals surface area contributed by atoms with E-state index in [1.54, 1.807) is 0 Å². The van der Waals surface area contributed by atoms with E-state index in [9.17, 15) is 4.79 Å². The minimum atomic E-state index is -0.0729. The van der Waals surface area contributed by atoms with Crippen molar-refractivity contribution in [2.24, 2.45) is 5.73 Å². The van der Waals surface area contributed by atoms with Gasteiger partial charge in [0, 0.05) is 24.4 Å². The Labute approximate surface area is 115 Å². The molecule has 0 radical (unpaired) electrons. The molecule has 1 aliphatic rings. The first-order valence-corrected chi connectivity index (χ1v) is 7.20. The van der Waals surface area contributed by atoms with Crippen LogP contribution in [0.4, 0.5) is 0 Å². The zero-order valence-electron chi connectivity index (χ0n) is 11.7.